The van der Waals surface area contributed by atoms with Gasteiger partial charge in [0.25, 0.3) is 9.84 Å². The van der Waals surface area contributed by atoms with Crippen molar-refractivity contribution in [2.75, 3.05) is 11.9 Å². The number of halogens is 3. The molecule has 0 radical (unpaired) electrons. The van der Waals surface area contributed by atoms with E-state index in [-0.39, 0.29) is 5.69 Å². The lowest BCUT2D eigenvalue weighted by Gasteiger charge is -2.14. The lowest BCUT2D eigenvalue weighted by molar-refractivity contribution is -0.0435. The zero-order chi connectivity index (χ0) is 18.1. The van der Waals surface area contributed by atoms with Gasteiger partial charge in [0.2, 0.25) is 0 Å². The number of aromatic amines is 1. The summed E-state index contributed by atoms with van der Waals surface area (Å²) in [6.07, 6.45) is 2.37. The van der Waals surface area contributed by atoms with E-state index in [1.165, 1.54) is 18.2 Å². The molecule has 3 aromatic rings. The molecule has 132 valence electrons. The number of aromatic nitrogens is 1. The highest BCUT2D eigenvalue weighted by molar-refractivity contribution is 7.92. The van der Waals surface area contributed by atoms with Crippen molar-refractivity contribution in [3.63, 3.8) is 0 Å². The summed E-state index contributed by atoms with van der Waals surface area (Å²) in [5, 5.41) is 3.83. The molecule has 2 aromatic carbocycles. The second kappa shape index (κ2) is 6.44. The van der Waals surface area contributed by atoms with E-state index in [0.29, 0.717) is 13.0 Å². The molecular weight excluding hydrogens is 353 g/mol. The molecule has 8 heteroatoms. The largest absolute Gasteiger partial charge is 0.501 e. The molecule has 2 N–H and O–H groups in total. The SMILES string of the molecule is O=S(=O)(c1ccccc1NCCc1c[nH]c2ccccc12)C(F)(F)F. The number of anilines is 1. The van der Waals surface area contributed by atoms with Gasteiger partial charge in [-0.25, -0.2) is 8.42 Å². The Bertz CT molecular complexity index is 994. The molecule has 1 aromatic heterocycles. The molecule has 0 aliphatic carbocycles. The molecule has 4 nitrogen and oxygen atoms in total. The van der Waals surface area contributed by atoms with Gasteiger partial charge in [0.05, 0.1) is 10.6 Å². The lowest BCUT2D eigenvalue weighted by atomic mass is 10.1. The van der Waals surface area contributed by atoms with Crippen LogP contribution >= 0.6 is 0 Å². The second-order valence-electron chi connectivity index (χ2n) is 5.48. The Morgan fingerprint density at radius 2 is 1.68 bits per heavy atom. The molecule has 0 saturated heterocycles. The Morgan fingerprint density at radius 1 is 1.00 bits per heavy atom. The van der Waals surface area contributed by atoms with Gasteiger partial charge in [-0.1, -0.05) is 30.3 Å². The van der Waals surface area contributed by atoms with Gasteiger partial charge >= 0.3 is 5.51 Å². The summed E-state index contributed by atoms with van der Waals surface area (Å²) in [6.45, 7) is 0.298. The summed E-state index contributed by atoms with van der Waals surface area (Å²) in [5.74, 6) is 0. The minimum atomic E-state index is -5.39. The van der Waals surface area contributed by atoms with Gasteiger partial charge in [0, 0.05) is 23.6 Å². The fourth-order valence-electron chi connectivity index (χ4n) is 2.64. The molecule has 0 aliphatic rings. The molecule has 0 amide bonds. The molecule has 0 unspecified atom stereocenters. The first kappa shape index (κ1) is 17.3. The summed E-state index contributed by atoms with van der Waals surface area (Å²) in [7, 11) is -5.39. The van der Waals surface area contributed by atoms with Gasteiger partial charge in [-0.2, -0.15) is 13.2 Å². The minimum absolute atomic E-state index is 0.0559. The van der Waals surface area contributed by atoms with Crippen LogP contribution in [-0.2, 0) is 16.3 Å². The topological polar surface area (TPSA) is 62.0 Å². The molecule has 25 heavy (non-hydrogen) atoms. The highest BCUT2D eigenvalue weighted by atomic mass is 32.2. The Morgan fingerprint density at radius 3 is 2.44 bits per heavy atom. The number of H-pyrrole nitrogens is 1. The van der Waals surface area contributed by atoms with Crippen LogP contribution in [0.25, 0.3) is 10.9 Å². The average molecular weight is 368 g/mol. The van der Waals surface area contributed by atoms with Gasteiger partial charge in [-0.15, -0.1) is 0 Å². The molecule has 0 aliphatic heterocycles. The van der Waals surface area contributed by atoms with E-state index in [0.717, 1.165) is 22.5 Å². The van der Waals surface area contributed by atoms with Crippen LogP contribution in [0.5, 0.6) is 0 Å². The zero-order valence-corrected chi connectivity index (χ0v) is 13.8. The lowest BCUT2D eigenvalue weighted by Crippen LogP contribution is -2.24. The summed E-state index contributed by atoms with van der Waals surface area (Å²) >= 11 is 0. The first-order valence-corrected chi connectivity index (χ1v) is 8.98. The van der Waals surface area contributed by atoms with E-state index in [2.05, 4.69) is 10.3 Å². The van der Waals surface area contributed by atoms with Gasteiger partial charge in [0.15, 0.2) is 0 Å². The second-order valence-corrected chi connectivity index (χ2v) is 7.39. The summed E-state index contributed by atoms with van der Waals surface area (Å²) < 4.78 is 61.7. The van der Waals surface area contributed by atoms with Crippen molar-refractivity contribution in [3.8, 4) is 0 Å². The number of nitrogens with one attached hydrogen (secondary N) is 2. The number of rotatable bonds is 5. The van der Waals surface area contributed by atoms with E-state index >= 15 is 0 Å². The van der Waals surface area contributed by atoms with Crippen LogP contribution in [0.4, 0.5) is 18.9 Å². The molecule has 0 spiro atoms. The zero-order valence-electron chi connectivity index (χ0n) is 13.0. The van der Waals surface area contributed by atoms with Crippen LogP contribution < -0.4 is 5.32 Å². The number of hydrogen-bond acceptors (Lipinski definition) is 3. The number of fused-ring (bicyclic) bond motifs is 1. The average Bonchev–Trinajstić information content (AvgIpc) is 2.98. The predicted octanol–water partition coefficient (Wildman–Crippen LogP) is 4.12. The van der Waals surface area contributed by atoms with Crippen LogP contribution in [0.1, 0.15) is 5.56 Å². The molecule has 0 fully saturated rings. The molecule has 1 heterocycles. The Kier molecular flexibility index (Phi) is 4.47. The van der Waals surface area contributed by atoms with E-state index < -0.39 is 20.2 Å². The molecule has 0 saturated carbocycles. The molecule has 3 rings (SSSR count). The van der Waals surface area contributed by atoms with Crippen molar-refractivity contribution in [1.29, 1.82) is 0 Å². The maximum absolute atomic E-state index is 12.8. The third-order valence-electron chi connectivity index (χ3n) is 3.87. The van der Waals surface area contributed by atoms with Gasteiger partial charge in [0.1, 0.15) is 0 Å². The summed E-state index contributed by atoms with van der Waals surface area (Å²) in [4.78, 5) is 2.36. The van der Waals surface area contributed by atoms with Crippen LogP contribution in [0, 0.1) is 0 Å². The predicted molar refractivity (Wildman–Crippen MR) is 90.2 cm³/mol. The third-order valence-corrected chi connectivity index (χ3v) is 5.41. The van der Waals surface area contributed by atoms with Crippen LogP contribution in [0.3, 0.4) is 0 Å². The highest BCUT2D eigenvalue weighted by Gasteiger charge is 2.47. The smallest absolute Gasteiger partial charge is 0.384 e. The Labute approximate surface area is 142 Å². The maximum atomic E-state index is 12.8. The van der Waals surface area contributed by atoms with E-state index in [1.807, 2.05) is 30.5 Å². The van der Waals surface area contributed by atoms with Crippen LogP contribution in [0.15, 0.2) is 59.6 Å². The highest BCUT2D eigenvalue weighted by Crippen LogP contribution is 2.34. The first-order chi connectivity index (χ1) is 11.8. The van der Waals surface area contributed by atoms with E-state index in [9.17, 15) is 21.6 Å². The molecular formula is C17H15F3N2O2S. The third kappa shape index (κ3) is 3.34. The van der Waals surface area contributed by atoms with Crippen molar-refractivity contribution in [2.24, 2.45) is 0 Å². The number of benzene rings is 2. The summed E-state index contributed by atoms with van der Waals surface area (Å²) in [6, 6.07) is 12.7. The summed E-state index contributed by atoms with van der Waals surface area (Å²) in [5.41, 5.74) is -3.42. The van der Waals surface area contributed by atoms with Gasteiger partial charge < -0.3 is 10.3 Å². The Balaban J connectivity index is 1.79. The van der Waals surface area contributed by atoms with Crippen molar-refractivity contribution in [1.82, 2.24) is 4.98 Å². The molecule has 0 atom stereocenters. The normalized spacial score (nSPS) is 12.4. The van der Waals surface area contributed by atoms with E-state index in [4.69, 9.17) is 0 Å². The monoisotopic (exact) mass is 368 g/mol. The first-order valence-electron chi connectivity index (χ1n) is 7.50. The van der Waals surface area contributed by atoms with Gasteiger partial charge in [-0.05, 0) is 30.2 Å². The van der Waals surface area contributed by atoms with Crippen molar-refractivity contribution < 1.29 is 21.6 Å². The minimum Gasteiger partial charge on any atom is -0.384 e. The maximum Gasteiger partial charge on any atom is 0.501 e. The number of para-hydroxylation sites is 2. The fraction of sp³-hybridized carbons (Fsp3) is 0.176. The van der Waals surface area contributed by atoms with Crippen molar-refractivity contribution in [3.05, 3.63) is 60.3 Å². The fourth-order valence-corrected chi connectivity index (χ4v) is 3.58. The van der Waals surface area contributed by atoms with Crippen molar-refractivity contribution in [2.45, 2.75) is 16.8 Å². The Hall–Kier alpha value is -2.48. The number of hydrogen-bond donors (Lipinski definition) is 2. The standard InChI is InChI=1S/C17H15F3N2O2S/c18-17(19,20)25(23,24)16-8-4-3-7-15(16)21-10-9-12-11-22-14-6-2-1-5-13(12)14/h1-8,11,21-22H,9-10H2. The van der Waals surface area contributed by atoms with Crippen LogP contribution in [0.2, 0.25) is 0 Å². The number of alkyl halides is 3. The molecule has 0 bridgehead atoms. The van der Waals surface area contributed by atoms with Crippen LogP contribution in [-0.4, -0.2) is 25.5 Å². The number of sulfone groups is 1. The van der Waals surface area contributed by atoms with Gasteiger partial charge in [-0.3, -0.25) is 0 Å². The van der Waals surface area contributed by atoms with E-state index in [1.54, 1.807) is 0 Å². The quantitative estimate of drug-likeness (QED) is 0.712. The van der Waals surface area contributed by atoms with Crippen molar-refractivity contribution >= 4 is 26.4 Å².